The van der Waals surface area contributed by atoms with E-state index >= 15 is 0 Å². The molecule has 3 nitrogen and oxygen atoms in total. The summed E-state index contributed by atoms with van der Waals surface area (Å²) in [7, 11) is 1.72. The van der Waals surface area contributed by atoms with Crippen molar-refractivity contribution in [2.45, 2.75) is 25.8 Å². The van der Waals surface area contributed by atoms with Crippen LogP contribution in [0, 0.1) is 10.5 Å². The molecule has 0 bridgehead atoms. The molecule has 0 aliphatic carbocycles. The summed E-state index contributed by atoms with van der Waals surface area (Å²) in [5, 5.41) is 0. The van der Waals surface area contributed by atoms with Gasteiger partial charge in [0.25, 0.3) is 0 Å². The van der Waals surface area contributed by atoms with Crippen LogP contribution in [0.1, 0.15) is 30.0 Å². The summed E-state index contributed by atoms with van der Waals surface area (Å²) in [6.45, 7) is 2.90. The monoisotopic (exact) mass is 334 g/mol. The Morgan fingerprint density at radius 3 is 2.88 bits per heavy atom. The molecule has 90 valence electrons. The molecule has 1 aromatic rings. The van der Waals surface area contributed by atoms with Gasteiger partial charge in [-0.1, -0.05) is 18.2 Å². The number of nitrogens with two attached hydrogens (primary N) is 1. The van der Waals surface area contributed by atoms with Crippen LogP contribution in [0.5, 0.6) is 0 Å². The van der Waals surface area contributed by atoms with E-state index in [1.807, 2.05) is 0 Å². The predicted molar refractivity (Wildman–Crippen MR) is 75.1 cm³/mol. The Hall–Kier alpha value is -0.170. The molecule has 16 heavy (non-hydrogen) atoms. The Labute approximate surface area is 111 Å². The molecule has 0 spiro atoms. The van der Waals surface area contributed by atoms with E-state index in [9.17, 15) is 0 Å². The van der Waals surface area contributed by atoms with Gasteiger partial charge in [0.2, 0.25) is 0 Å². The number of aryl methyl sites for hydroxylation is 1. The van der Waals surface area contributed by atoms with Crippen molar-refractivity contribution >= 4 is 22.6 Å². The Morgan fingerprint density at radius 2 is 2.25 bits per heavy atom. The van der Waals surface area contributed by atoms with Gasteiger partial charge in [-0.05, 0) is 53.5 Å². The molecule has 1 aromatic carbocycles. The summed E-state index contributed by atoms with van der Waals surface area (Å²) >= 11 is 2.38. The highest BCUT2D eigenvalue weighted by atomic mass is 127. The third kappa shape index (κ3) is 3.69. The Morgan fingerprint density at radius 1 is 1.50 bits per heavy atom. The van der Waals surface area contributed by atoms with E-state index in [1.165, 1.54) is 14.7 Å². The molecule has 0 radical (unpaired) electrons. The van der Waals surface area contributed by atoms with Gasteiger partial charge in [0, 0.05) is 23.3 Å². The molecule has 0 fully saturated rings. The molecule has 0 saturated heterocycles. The van der Waals surface area contributed by atoms with Crippen molar-refractivity contribution in [3.63, 3.8) is 0 Å². The summed E-state index contributed by atoms with van der Waals surface area (Å²) in [5.74, 6) is 5.61. The predicted octanol–water partition coefficient (Wildman–Crippen LogP) is 2.53. The van der Waals surface area contributed by atoms with Crippen LogP contribution in [0.25, 0.3) is 0 Å². The van der Waals surface area contributed by atoms with Gasteiger partial charge in [0.05, 0.1) is 0 Å². The van der Waals surface area contributed by atoms with Crippen LogP contribution in [0.3, 0.4) is 0 Å². The molecule has 0 aromatic heterocycles. The fraction of sp³-hybridized carbons (Fsp3) is 0.500. The van der Waals surface area contributed by atoms with E-state index in [1.54, 1.807) is 7.11 Å². The maximum absolute atomic E-state index is 5.61. The molecule has 0 amide bonds. The van der Waals surface area contributed by atoms with Crippen LogP contribution in [-0.2, 0) is 4.74 Å². The number of hydrogen-bond acceptors (Lipinski definition) is 3. The molecule has 0 aliphatic rings. The smallest absolute Gasteiger partial charge is 0.0471 e. The summed E-state index contributed by atoms with van der Waals surface area (Å²) in [4.78, 5) is 0. The summed E-state index contributed by atoms with van der Waals surface area (Å²) in [5.41, 5.74) is 5.46. The van der Waals surface area contributed by atoms with Crippen LogP contribution in [0.2, 0.25) is 0 Å². The van der Waals surface area contributed by atoms with Crippen molar-refractivity contribution in [1.82, 2.24) is 5.43 Å². The van der Waals surface area contributed by atoms with Crippen molar-refractivity contribution in [1.29, 1.82) is 0 Å². The van der Waals surface area contributed by atoms with Crippen molar-refractivity contribution in [2.24, 2.45) is 5.84 Å². The van der Waals surface area contributed by atoms with Gasteiger partial charge in [-0.2, -0.15) is 0 Å². The SMILES string of the molecule is COCCCC(NN)c1cccc(C)c1I. The number of hydrogen-bond donors (Lipinski definition) is 2. The van der Waals surface area contributed by atoms with Gasteiger partial charge in [0.15, 0.2) is 0 Å². The fourth-order valence-corrected chi connectivity index (χ4v) is 2.44. The lowest BCUT2D eigenvalue weighted by Gasteiger charge is -2.18. The first-order valence-electron chi connectivity index (χ1n) is 5.40. The standard InChI is InChI=1S/C12H19IN2O/c1-9-5-3-6-10(12(9)13)11(15-14)7-4-8-16-2/h3,5-6,11,15H,4,7-8,14H2,1-2H3. The van der Waals surface area contributed by atoms with Crippen molar-refractivity contribution in [3.05, 3.63) is 32.9 Å². The zero-order valence-electron chi connectivity index (χ0n) is 9.79. The Kier molecular flexibility index (Phi) is 6.26. The zero-order valence-corrected chi connectivity index (χ0v) is 12.0. The Balaban J connectivity index is 2.74. The van der Waals surface area contributed by atoms with Crippen LogP contribution in [0.4, 0.5) is 0 Å². The molecule has 0 saturated carbocycles. The molecule has 0 heterocycles. The highest BCUT2D eigenvalue weighted by Crippen LogP contribution is 2.25. The highest BCUT2D eigenvalue weighted by molar-refractivity contribution is 14.1. The maximum atomic E-state index is 5.61. The average Bonchev–Trinajstić information content (AvgIpc) is 2.29. The first kappa shape index (κ1) is 13.9. The summed E-state index contributed by atoms with van der Waals surface area (Å²) < 4.78 is 6.35. The Bertz CT molecular complexity index is 331. The van der Waals surface area contributed by atoms with E-state index in [4.69, 9.17) is 10.6 Å². The molecule has 3 N–H and O–H groups in total. The minimum Gasteiger partial charge on any atom is -0.385 e. The van der Waals surface area contributed by atoms with Crippen LogP contribution < -0.4 is 11.3 Å². The van der Waals surface area contributed by atoms with Crippen LogP contribution >= 0.6 is 22.6 Å². The van der Waals surface area contributed by atoms with Gasteiger partial charge in [-0.3, -0.25) is 11.3 Å². The van der Waals surface area contributed by atoms with Crippen LogP contribution in [-0.4, -0.2) is 13.7 Å². The summed E-state index contributed by atoms with van der Waals surface area (Å²) in [6.07, 6.45) is 2.00. The lowest BCUT2D eigenvalue weighted by atomic mass is 10.0. The topological polar surface area (TPSA) is 47.3 Å². The van der Waals surface area contributed by atoms with Gasteiger partial charge < -0.3 is 4.74 Å². The highest BCUT2D eigenvalue weighted by Gasteiger charge is 2.13. The van der Waals surface area contributed by atoms with Crippen molar-refractivity contribution in [2.75, 3.05) is 13.7 Å². The summed E-state index contributed by atoms with van der Waals surface area (Å²) in [6, 6.07) is 6.54. The molecule has 1 atom stereocenters. The van der Waals surface area contributed by atoms with E-state index in [0.717, 1.165) is 19.4 Å². The zero-order chi connectivity index (χ0) is 12.0. The average molecular weight is 334 g/mol. The van der Waals surface area contributed by atoms with Gasteiger partial charge in [-0.25, -0.2) is 0 Å². The number of nitrogens with one attached hydrogen (secondary N) is 1. The quantitative estimate of drug-likeness (QED) is 0.364. The molecular weight excluding hydrogens is 315 g/mol. The maximum Gasteiger partial charge on any atom is 0.0471 e. The van der Waals surface area contributed by atoms with E-state index in [2.05, 4.69) is 53.1 Å². The van der Waals surface area contributed by atoms with E-state index in [-0.39, 0.29) is 6.04 Å². The number of halogens is 1. The second-order valence-corrected chi connectivity index (χ2v) is 4.91. The van der Waals surface area contributed by atoms with Crippen molar-refractivity contribution < 1.29 is 4.74 Å². The molecule has 1 rings (SSSR count). The minimum absolute atomic E-state index is 0.210. The number of benzene rings is 1. The van der Waals surface area contributed by atoms with Crippen molar-refractivity contribution in [3.8, 4) is 0 Å². The molecule has 4 heteroatoms. The lowest BCUT2D eigenvalue weighted by Crippen LogP contribution is -2.29. The minimum atomic E-state index is 0.210. The second-order valence-electron chi connectivity index (χ2n) is 3.83. The largest absolute Gasteiger partial charge is 0.385 e. The van der Waals surface area contributed by atoms with Crippen LogP contribution in [0.15, 0.2) is 18.2 Å². The normalized spacial score (nSPS) is 12.8. The van der Waals surface area contributed by atoms with Gasteiger partial charge >= 0.3 is 0 Å². The lowest BCUT2D eigenvalue weighted by molar-refractivity contribution is 0.188. The first-order valence-corrected chi connectivity index (χ1v) is 6.48. The molecular formula is C12H19IN2O. The number of ether oxygens (including phenoxy) is 1. The first-order chi connectivity index (χ1) is 7.70. The number of rotatable bonds is 6. The number of methoxy groups -OCH3 is 1. The third-order valence-corrected chi connectivity index (χ3v) is 4.11. The fourth-order valence-electron chi connectivity index (χ4n) is 1.70. The van der Waals surface area contributed by atoms with E-state index < -0.39 is 0 Å². The van der Waals surface area contributed by atoms with Gasteiger partial charge in [0.1, 0.15) is 0 Å². The molecule has 1 unspecified atom stereocenters. The van der Waals surface area contributed by atoms with E-state index in [0.29, 0.717) is 0 Å². The third-order valence-electron chi connectivity index (χ3n) is 2.64. The van der Waals surface area contributed by atoms with Gasteiger partial charge in [-0.15, -0.1) is 0 Å². The molecule has 0 aliphatic heterocycles. The number of hydrazine groups is 1. The second kappa shape index (κ2) is 7.21.